The van der Waals surface area contributed by atoms with Gasteiger partial charge in [0, 0.05) is 18.7 Å². The second-order valence-electron chi connectivity index (χ2n) is 6.53. The summed E-state index contributed by atoms with van der Waals surface area (Å²) in [7, 11) is -2.60. The summed E-state index contributed by atoms with van der Waals surface area (Å²) in [6.45, 7) is 5.39. The molecule has 0 amide bonds. The lowest BCUT2D eigenvalue weighted by atomic mass is 10.0. The van der Waals surface area contributed by atoms with E-state index in [4.69, 9.17) is 4.42 Å². The van der Waals surface area contributed by atoms with Crippen LogP contribution in [0.4, 0.5) is 0 Å². The zero-order valence-corrected chi connectivity index (χ0v) is 16.3. The average molecular weight is 388 g/mol. The minimum atomic E-state index is -3.96. The number of rotatable bonds is 5. The van der Waals surface area contributed by atoms with Crippen LogP contribution in [0.1, 0.15) is 28.4 Å². The molecule has 0 saturated heterocycles. The molecule has 1 unspecified atom stereocenters. The van der Waals surface area contributed by atoms with Crippen molar-refractivity contribution >= 4 is 26.9 Å². The number of H-pyrrole nitrogens is 1. The topological polar surface area (TPSA) is 100 Å². The normalized spacial score (nSPS) is 13.2. The Bertz CT molecular complexity index is 1190. The third-order valence-electron chi connectivity index (χ3n) is 4.79. The fraction of sp³-hybridized carbons (Fsp3) is 0.263. The van der Waals surface area contributed by atoms with E-state index >= 15 is 0 Å². The van der Waals surface area contributed by atoms with Crippen LogP contribution >= 0.6 is 0 Å². The summed E-state index contributed by atoms with van der Waals surface area (Å²) in [6, 6.07) is 8.49. The lowest BCUT2D eigenvalue weighted by Crippen LogP contribution is -2.40. The fourth-order valence-corrected chi connectivity index (χ4v) is 4.10. The van der Waals surface area contributed by atoms with Crippen LogP contribution in [0.25, 0.3) is 11.1 Å². The summed E-state index contributed by atoms with van der Waals surface area (Å²) in [5, 5.41) is 0. The summed E-state index contributed by atoms with van der Waals surface area (Å²) in [4.78, 5) is 26.4. The molecule has 1 aromatic heterocycles. The van der Waals surface area contributed by atoms with Crippen LogP contribution in [0.3, 0.4) is 0 Å². The number of carbonyl (C=O) groups is 1. The molecule has 0 spiro atoms. The van der Waals surface area contributed by atoms with Crippen molar-refractivity contribution in [3.05, 3.63) is 63.6 Å². The number of sulfonamides is 1. The number of aryl methyl sites for hydroxylation is 2. The number of hydrogen-bond acceptors (Lipinski definition) is 5. The molecule has 0 saturated carbocycles. The van der Waals surface area contributed by atoms with E-state index < -0.39 is 21.8 Å². The first kappa shape index (κ1) is 19.1. The highest BCUT2D eigenvalue weighted by Gasteiger charge is 2.30. The lowest BCUT2D eigenvalue weighted by molar-refractivity contribution is 0.0919. The molecular weight excluding hydrogens is 368 g/mol. The molecule has 8 heteroatoms. The molecule has 3 aromatic rings. The third-order valence-corrected chi connectivity index (χ3v) is 6.71. The van der Waals surface area contributed by atoms with Crippen molar-refractivity contribution < 1.29 is 17.6 Å². The van der Waals surface area contributed by atoms with E-state index in [1.165, 1.54) is 25.2 Å². The molecule has 1 N–H and O–H groups in total. The van der Waals surface area contributed by atoms with Gasteiger partial charge in [0.25, 0.3) is 0 Å². The first-order valence-corrected chi connectivity index (χ1v) is 9.77. The van der Waals surface area contributed by atoms with Gasteiger partial charge in [-0.3, -0.25) is 9.78 Å². The predicted molar refractivity (Wildman–Crippen MR) is 101 cm³/mol. The predicted octanol–water partition coefficient (Wildman–Crippen LogP) is 2.63. The largest absolute Gasteiger partial charge is 0.417 e. The number of ketones is 1. The molecule has 0 aliphatic carbocycles. The van der Waals surface area contributed by atoms with Crippen molar-refractivity contribution in [3.63, 3.8) is 0 Å². The molecule has 7 nitrogen and oxygen atoms in total. The highest BCUT2D eigenvalue weighted by atomic mass is 32.2. The molecule has 27 heavy (non-hydrogen) atoms. The second-order valence-corrected chi connectivity index (χ2v) is 8.53. The minimum absolute atomic E-state index is 0.0556. The highest BCUT2D eigenvalue weighted by Crippen LogP contribution is 2.22. The highest BCUT2D eigenvalue weighted by molar-refractivity contribution is 7.89. The maximum atomic E-state index is 12.9. The lowest BCUT2D eigenvalue weighted by Gasteiger charge is -2.23. The number of Topliss-reactive ketones (excluding diaryl/α,β-unsaturated/α-hetero) is 1. The van der Waals surface area contributed by atoms with E-state index in [9.17, 15) is 18.0 Å². The Morgan fingerprint density at radius 3 is 2.48 bits per heavy atom. The van der Waals surface area contributed by atoms with Gasteiger partial charge in [-0.05, 0) is 50.1 Å². The van der Waals surface area contributed by atoms with E-state index in [0.29, 0.717) is 11.1 Å². The van der Waals surface area contributed by atoms with Gasteiger partial charge in [-0.1, -0.05) is 12.1 Å². The van der Waals surface area contributed by atoms with Gasteiger partial charge < -0.3 is 4.42 Å². The van der Waals surface area contributed by atoms with Crippen molar-refractivity contribution in [3.8, 4) is 0 Å². The number of likely N-dealkylation sites (N-methyl/N-ethyl adjacent to an activating group) is 1. The minimum Gasteiger partial charge on any atom is -0.408 e. The van der Waals surface area contributed by atoms with Crippen LogP contribution in [0.5, 0.6) is 0 Å². The standard InChI is InChI=1S/C19H20N2O5S/c1-11-5-6-14(9-12(11)2)18(22)13(3)21(4)27(24,25)15-7-8-16-17(10-15)26-19(23)20-16/h5-10,13H,1-4H3,(H,20,23). The molecule has 1 heterocycles. The Balaban J connectivity index is 1.93. The molecule has 0 bridgehead atoms. The van der Waals surface area contributed by atoms with E-state index in [1.54, 1.807) is 19.1 Å². The summed E-state index contributed by atoms with van der Waals surface area (Å²) in [5.74, 6) is -0.954. The molecule has 142 valence electrons. The van der Waals surface area contributed by atoms with Crippen LogP contribution in [0, 0.1) is 13.8 Å². The van der Waals surface area contributed by atoms with Crippen molar-refractivity contribution in [2.45, 2.75) is 31.7 Å². The summed E-state index contributed by atoms with van der Waals surface area (Å²) in [5.41, 5.74) is 3.02. The number of oxazole rings is 1. The SMILES string of the molecule is Cc1ccc(C(=O)C(C)N(C)S(=O)(=O)c2ccc3[nH]c(=O)oc3c2)cc1C. The second kappa shape index (κ2) is 6.79. The van der Waals surface area contributed by atoms with E-state index in [0.717, 1.165) is 15.4 Å². The Morgan fingerprint density at radius 2 is 1.81 bits per heavy atom. The van der Waals surface area contributed by atoms with Gasteiger partial charge in [0.05, 0.1) is 16.5 Å². The van der Waals surface area contributed by atoms with Gasteiger partial charge >= 0.3 is 5.76 Å². The summed E-state index contributed by atoms with van der Waals surface area (Å²) >= 11 is 0. The number of aromatic amines is 1. The Kier molecular flexibility index (Phi) is 4.79. The quantitative estimate of drug-likeness (QED) is 0.677. The van der Waals surface area contributed by atoms with E-state index in [2.05, 4.69) is 4.98 Å². The number of aromatic nitrogens is 1. The third kappa shape index (κ3) is 3.45. The molecule has 0 radical (unpaired) electrons. The van der Waals surface area contributed by atoms with Gasteiger partial charge in [0.1, 0.15) is 0 Å². The van der Waals surface area contributed by atoms with Crippen molar-refractivity contribution in [1.29, 1.82) is 0 Å². The molecule has 0 aliphatic heterocycles. The van der Waals surface area contributed by atoms with Crippen LogP contribution in [0.15, 0.2) is 50.5 Å². The monoisotopic (exact) mass is 388 g/mol. The van der Waals surface area contributed by atoms with Crippen LogP contribution in [-0.4, -0.2) is 36.6 Å². The van der Waals surface area contributed by atoms with Crippen LogP contribution in [-0.2, 0) is 10.0 Å². The Hall–Kier alpha value is -2.71. The average Bonchev–Trinajstić information content (AvgIpc) is 3.01. The molecule has 0 fully saturated rings. The van der Waals surface area contributed by atoms with Gasteiger partial charge in [-0.15, -0.1) is 0 Å². The molecule has 1 atom stereocenters. The van der Waals surface area contributed by atoms with Crippen molar-refractivity contribution in [1.82, 2.24) is 9.29 Å². The zero-order chi connectivity index (χ0) is 19.9. The summed E-state index contributed by atoms with van der Waals surface area (Å²) < 4.78 is 31.8. The van der Waals surface area contributed by atoms with Gasteiger partial charge in [-0.25, -0.2) is 13.2 Å². The van der Waals surface area contributed by atoms with Crippen molar-refractivity contribution in [2.24, 2.45) is 0 Å². The van der Waals surface area contributed by atoms with Crippen molar-refractivity contribution in [2.75, 3.05) is 7.05 Å². The molecular formula is C19H20N2O5S. The van der Waals surface area contributed by atoms with Gasteiger partial charge in [0.2, 0.25) is 10.0 Å². The first-order valence-electron chi connectivity index (χ1n) is 8.33. The number of nitrogens with one attached hydrogen (secondary N) is 1. The Morgan fingerprint density at radius 1 is 1.11 bits per heavy atom. The zero-order valence-electron chi connectivity index (χ0n) is 15.4. The van der Waals surface area contributed by atoms with Crippen LogP contribution in [0.2, 0.25) is 0 Å². The maximum Gasteiger partial charge on any atom is 0.417 e. The first-order chi connectivity index (χ1) is 12.6. The maximum absolute atomic E-state index is 12.9. The number of nitrogens with zero attached hydrogens (tertiary/aromatic N) is 1. The number of fused-ring (bicyclic) bond motifs is 1. The number of carbonyl (C=O) groups excluding carboxylic acids is 1. The fourth-order valence-electron chi connectivity index (χ4n) is 2.76. The smallest absolute Gasteiger partial charge is 0.408 e. The van der Waals surface area contributed by atoms with E-state index in [-0.39, 0.29) is 16.3 Å². The Labute approximate surface area is 156 Å². The molecule has 2 aromatic carbocycles. The van der Waals surface area contributed by atoms with Crippen LogP contribution < -0.4 is 5.76 Å². The molecule has 3 rings (SSSR count). The van der Waals surface area contributed by atoms with Gasteiger partial charge in [-0.2, -0.15) is 4.31 Å². The van der Waals surface area contributed by atoms with E-state index in [1.807, 2.05) is 19.9 Å². The molecule has 0 aliphatic rings. The van der Waals surface area contributed by atoms with Gasteiger partial charge in [0.15, 0.2) is 11.4 Å². The number of benzene rings is 2. The summed E-state index contributed by atoms with van der Waals surface area (Å²) in [6.07, 6.45) is 0. The number of hydrogen-bond donors (Lipinski definition) is 1.